The molecule has 0 atom stereocenters. The third kappa shape index (κ3) is 4.54. The van der Waals surface area contributed by atoms with Crippen LogP contribution in [0.1, 0.15) is 29.9 Å². The van der Waals surface area contributed by atoms with Crippen molar-refractivity contribution in [3.63, 3.8) is 0 Å². The molecule has 0 spiro atoms. The van der Waals surface area contributed by atoms with Crippen molar-refractivity contribution in [3.05, 3.63) is 72.1 Å². The van der Waals surface area contributed by atoms with Crippen LogP contribution in [0.2, 0.25) is 0 Å². The molecule has 6 heteroatoms. The number of carbonyl (C=O) groups excluding carboxylic acids is 3. The Balaban J connectivity index is 2.41. The van der Waals surface area contributed by atoms with Gasteiger partial charge in [-0.3, -0.25) is 4.79 Å². The Morgan fingerprint density at radius 1 is 0.920 bits per heavy atom. The molecule has 0 saturated heterocycles. The SMILES string of the molecule is C=C(C)C(=O)Oc1cc(OC(=O)C(=C)C)cc(C(=O)c2ccc[nH]2)c1. The summed E-state index contributed by atoms with van der Waals surface area (Å²) in [6.45, 7) is 10.00. The zero-order valence-corrected chi connectivity index (χ0v) is 13.9. The van der Waals surface area contributed by atoms with Crippen molar-refractivity contribution in [2.24, 2.45) is 0 Å². The van der Waals surface area contributed by atoms with Crippen LogP contribution in [0.25, 0.3) is 0 Å². The van der Waals surface area contributed by atoms with Crippen LogP contribution in [-0.2, 0) is 9.59 Å². The zero-order valence-electron chi connectivity index (χ0n) is 13.9. The maximum absolute atomic E-state index is 12.5. The molecule has 2 rings (SSSR count). The number of aromatic amines is 1. The molecule has 128 valence electrons. The van der Waals surface area contributed by atoms with Gasteiger partial charge in [0, 0.05) is 29.0 Å². The first-order chi connectivity index (χ1) is 11.8. The number of nitrogens with one attached hydrogen (secondary N) is 1. The molecule has 2 aromatic rings. The third-order valence-electron chi connectivity index (χ3n) is 3.10. The van der Waals surface area contributed by atoms with Crippen LogP contribution in [0.3, 0.4) is 0 Å². The van der Waals surface area contributed by atoms with Crippen molar-refractivity contribution in [2.45, 2.75) is 13.8 Å². The number of esters is 2. The first kappa shape index (κ1) is 17.9. The van der Waals surface area contributed by atoms with E-state index in [4.69, 9.17) is 9.47 Å². The Kier molecular flexibility index (Phi) is 5.34. The Hall–Kier alpha value is -3.41. The molecule has 0 saturated carbocycles. The van der Waals surface area contributed by atoms with Gasteiger partial charge in [0.2, 0.25) is 5.78 Å². The summed E-state index contributed by atoms with van der Waals surface area (Å²) in [6.07, 6.45) is 1.61. The molecule has 1 aromatic carbocycles. The highest BCUT2D eigenvalue weighted by Gasteiger charge is 2.16. The van der Waals surface area contributed by atoms with Gasteiger partial charge in [0.1, 0.15) is 11.5 Å². The molecular weight excluding hydrogens is 322 g/mol. The Morgan fingerprint density at radius 3 is 1.84 bits per heavy atom. The van der Waals surface area contributed by atoms with Crippen molar-refractivity contribution in [3.8, 4) is 11.5 Å². The molecule has 0 aliphatic heterocycles. The molecule has 0 radical (unpaired) electrons. The summed E-state index contributed by atoms with van der Waals surface area (Å²) in [5, 5.41) is 0. The zero-order chi connectivity index (χ0) is 18.6. The van der Waals surface area contributed by atoms with Gasteiger partial charge in [-0.25, -0.2) is 9.59 Å². The van der Waals surface area contributed by atoms with E-state index < -0.39 is 11.9 Å². The minimum Gasteiger partial charge on any atom is -0.423 e. The predicted octanol–water partition coefficient (Wildman–Crippen LogP) is 3.21. The molecule has 25 heavy (non-hydrogen) atoms. The van der Waals surface area contributed by atoms with Crippen LogP contribution in [0.5, 0.6) is 11.5 Å². The summed E-state index contributed by atoms with van der Waals surface area (Å²) in [6, 6.07) is 7.41. The molecule has 1 heterocycles. The highest BCUT2D eigenvalue weighted by molar-refractivity contribution is 6.08. The standard InChI is InChI=1S/C19H17NO5/c1-11(2)18(22)24-14-8-13(17(21)16-6-5-7-20-16)9-15(10-14)25-19(23)12(3)4/h5-10,20H,1,3H2,2,4H3. The molecular formula is C19H17NO5. The lowest BCUT2D eigenvalue weighted by Crippen LogP contribution is -2.12. The van der Waals surface area contributed by atoms with Crippen molar-refractivity contribution in [2.75, 3.05) is 0 Å². The summed E-state index contributed by atoms with van der Waals surface area (Å²) in [5.41, 5.74) is 0.933. The van der Waals surface area contributed by atoms with Gasteiger partial charge in [-0.15, -0.1) is 0 Å². The summed E-state index contributed by atoms with van der Waals surface area (Å²) in [7, 11) is 0. The van der Waals surface area contributed by atoms with Gasteiger partial charge in [0.05, 0.1) is 5.69 Å². The van der Waals surface area contributed by atoms with Crippen LogP contribution in [0.4, 0.5) is 0 Å². The van der Waals surface area contributed by atoms with Crippen molar-refractivity contribution in [1.29, 1.82) is 0 Å². The van der Waals surface area contributed by atoms with Crippen molar-refractivity contribution < 1.29 is 23.9 Å². The number of ketones is 1. The van der Waals surface area contributed by atoms with Gasteiger partial charge >= 0.3 is 11.9 Å². The van der Waals surface area contributed by atoms with E-state index in [2.05, 4.69) is 18.1 Å². The molecule has 0 aliphatic rings. The molecule has 0 aliphatic carbocycles. The average molecular weight is 339 g/mol. The summed E-state index contributed by atoms with van der Waals surface area (Å²) in [5.74, 6) is -1.51. The topological polar surface area (TPSA) is 85.5 Å². The summed E-state index contributed by atoms with van der Waals surface area (Å²) in [4.78, 5) is 38.8. The molecule has 1 aromatic heterocycles. The second-order valence-electron chi connectivity index (χ2n) is 5.45. The number of H-pyrrole nitrogens is 1. The number of hydrogen-bond donors (Lipinski definition) is 1. The molecule has 6 nitrogen and oxygen atoms in total. The number of carbonyl (C=O) groups is 3. The van der Waals surface area contributed by atoms with Crippen LogP contribution < -0.4 is 9.47 Å². The van der Waals surface area contributed by atoms with Crippen molar-refractivity contribution >= 4 is 17.7 Å². The minimum atomic E-state index is -0.651. The van der Waals surface area contributed by atoms with Crippen LogP contribution in [0, 0.1) is 0 Å². The smallest absolute Gasteiger partial charge is 0.338 e. The van der Waals surface area contributed by atoms with Crippen LogP contribution in [-0.4, -0.2) is 22.7 Å². The fourth-order valence-electron chi connectivity index (χ4n) is 1.84. The molecule has 0 bridgehead atoms. The summed E-state index contributed by atoms with van der Waals surface area (Å²) >= 11 is 0. The Morgan fingerprint density at radius 2 is 1.44 bits per heavy atom. The molecule has 0 fully saturated rings. The lowest BCUT2D eigenvalue weighted by atomic mass is 10.1. The monoisotopic (exact) mass is 339 g/mol. The van der Waals surface area contributed by atoms with Crippen LogP contribution >= 0.6 is 0 Å². The van der Waals surface area contributed by atoms with Gasteiger partial charge in [0.15, 0.2) is 0 Å². The van der Waals surface area contributed by atoms with Gasteiger partial charge in [0.25, 0.3) is 0 Å². The maximum Gasteiger partial charge on any atom is 0.338 e. The van der Waals surface area contributed by atoms with E-state index in [1.807, 2.05) is 0 Å². The minimum absolute atomic E-state index is 0.0647. The second kappa shape index (κ2) is 7.44. The lowest BCUT2D eigenvalue weighted by Gasteiger charge is -2.10. The number of ether oxygens (including phenoxy) is 2. The van der Waals surface area contributed by atoms with E-state index in [1.165, 1.54) is 32.0 Å². The largest absolute Gasteiger partial charge is 0.423 e. The van der Waals surface area contributed by atoms with E-state index >= 15 is 0 Å². The first-order valence-corrected chi connectivity index (χ1v) is 7.36. The van der Waals surface area contributed by atoms with E-state index in [0.717, 1.165) is 0 Å². The normalized spacial score (nSPS) is 10.0. The molecule has 1 N–H and O–H groups in total. The number of aromatic nitrogens is 1. The third-order valence-corrected chi connectivity index (χ3v) is 3.10. The highest BCUT2D eigenvalue weighted by Crippen LogP contribution is 2.26. The van der Waals surface area contributed by atoms with E-state index in [1.54, 1.807) is 18.3 Å². The predicted molar refractivity (Wildman–Crippen MR) is 91.6 cm³/mol. The van der Waals surface area contributed by atoms with Gasteiger partial charge in [-0.1, -0.05) is 13.2 Å². The van der Waals surface area contributed by atoms with Gasteiger partial charge in [-0.2, -0.15) is 0 Å². The quantitative estimate of drug-likeness (QED) is 0.378. The number of rotatable bonds is 6. The highest BCUT2D eigenvalue weighted by atomic mass is 16.5. The van der Waals surface area contributed by atoms with E-state index in [0.29, 0.717) is 5.69 Å². The molecule has 0 unspecified atom stereocenters. The Labute approximate surface area is 144 Å². The van der Waals surface area contributed by atoms with Gasteiger partial charge in [-0.05, 0) is 38.1 Å². The lowest BCUT2D eigenvalue weighted by molar-refractivity contribution is -0.130. The maximum atomic E-state index is 12.5. The fraction of sp³-hybridized carbons (Fsp3) is 0.105. The van der Waals surface area contributed by atoms with Crippen molar-refractivity contribution in [1.82, 2.24) is 4.98 Å². The van der Waals surface area contributed by atoms with E-state index in [-0.39, 0.29) is 34.0 Å². The molecule has 0 amide bonds. The van der Waals surface area contributed by atoms with Gasteiger partial charge < -0.3 is 14.5 Å². The number of hydrogen-bond acceptors (Lipinski definition) is 5. The fourth-order valence-corrected chi connectivity index (χ4v) is 1.84. The summed E-state index contributed by atoms with van der Waals surface area (Å²) < 4.78 is 10.3. The van der Waals surface area contributed by atoms with Crippen LogP contribution in [0.15, 0.2) is 60.8 Å². The second-order valence-corrected chi connectivity index (χ2v) is 5.45. The Bertz CT molecular complexity index is 816. The average Bonchev–Trinajstić information content (AvgIpc) is 3.08. The number of benzene rings is 1. The first-order valence-electron chi connectivity index (χ1n) is 7.36. The van der Waals surface area contributed by atoms with E-state index in [9.17, 15) is 14.4 Å².